The molecule has 54 heavy (non-hydrogen) atoms. The number of benzene rings is 2. The molecule has 1 aromatic heterocycles. The summed E-state index contributed by atoms with van der Waals surface area (Å²) >= 11 is 5.94. The monoisotopic (exact) mass is 775 g/mol. The lowest BCUT2D eigenvalue weighted by Gasteiger charge is -2.27. The van der Waals surface area contributed by atoms with Crippen LogP contribution in [0.5, 0.6) is 5.75 Å². The van der Waals surface area contributed by atoms with Crippen molar-refractivity contribution < 1.29 is 63.0 Å². The molecule has 2 heterocycles. The van der Waals surface area contributed by atoms with Crippen molar-refractivity contribution in [3.63, 3.8) is 0 Å². The Morgan fingerprint density at radius 2 is 1.44 bits per heavy atom. The molecule has 1 amide bonds. The van der Waals surface area contributed by atoms with E-state index in [2.05, 4.69) is 25.5 Å². The maximum atomic E-state index is 13.6. The molecule has 0 saturated carbocycles. The Morgan fingerprint density at radius 3 is 1.98 bits per heavy atom. The molecule has 1 aliphatic heterocycles. The summed E-state index contributed by atoms with van der Waals surface area (Å²) in [5.74, 6) is -4.84. The van der Waals surface area contributed by atoms with Gasteiger partial charge in [0.1, 0.15) is 30.3 Å². The third-order valence-electron chi connectivity index (χ3n) is 6.90. The minimum absolute atomic E-state index is 0.00675. The van der Waals surface area contributed by atoms with E-state index in [9.17, 15) is 28.4 Å². The van der Waals surface area contributed by atoms with Gasteiger partial charge in [0.05, 0.1) is 29.4 Å². The first-order chi connectivity index (χ1) is 25.7. The Morgan fingerprint density at radius 1 is 0.852 bits per heavy atom. The van der Waals surface area contributed by atoms with Crippen LogP contribution in [0.4, 0.5) is 21.6 Å². The smallest absolute Gasteiger partial charge is 0.328 e. The van der Waals surface area contributed by atoms with E-state index in [1.165, 1.54) is 18.5 Å². The number of carboxylic acid groups (broad SMARTS) is 4. The van der Waals surface area contributed by atoms with Crippen LogP contribution in [0.15, 0.2) is 72.6 Å². The van der Waals surface area contributed by atoms with E-state index in [1.807, 2.05) is 0 Å². The number of carbonyl (C=O) groups is 5. The normalized spacial score (nSPS) is 12.6. The molecular formula is C35H39ClFN5O12. The van der Waals surface area contributed by atoms with E-state index in [-0.39, 0.29) is 10.9 Å². The highest BCUT2D eigenvalue weighted by molar-refractivity contribution is 6.31. The molecule has 0 radical (unpaired) electrons. The number of hydrogen-bond acceptors (Lipinski definition) is 12. The second-order valence-corrected chi connectivity index (χ2v) is 11.2. The lowest BCUT2D eigenvalue weighted by atomic mass is 10.0. The maximum Gasteiger partial charge on any atom is 0.328 e. The van der Waals surface area contributed by atoms with Gasteiger partial charge in [-0.05, 0) is 37.1 Å². The summed E-state index contributed by atoms with van der Waals surface area (Å²) < 4.78 is 29.8. The number of nitrogens with one attached hydrogen (secondary N) is 2. The first-order valence-corrected chi connectivity index (χ1v) is 16.2. The number of hydrogen-bond donors (Lipinski definition) is 6. The van der Waals surface area contributed by atoms with E-state index < -0.39 is 29.7 Å². The lowest BCUT2D eigenvalue weighted by molar-refractivity contribution is -0.134. The number of likely N-dealkylation sites (tertiary alicyclic amines) is 1. The Hall–Kier alpha value is -5.95. The van der Waals surface area contributed by atoms with Crippen LogP contribution >= 0.6 is 11.6 Å². The van der Waals surface area contributed by atoms with E-state index in [0.717, 1.165) is 38.0 Å². The Labute approximate surface area is 313 Å². The molecule has 0 aliphatic carbocycles. The molecule has 1 aliphatic rings. The van der Waals surface area contributed by atoms with Crippen LogP contribution in [0.2, 0.25) is 5.02 Å². The van der Waals surface area contributed by atoms with Gasteiger partial charge in [0.25, 0.3) is 0 Å². The number of nitrogens with zero attached hydrogens (tertiary/aromatic N) is 3. The van der Waals surface area contributed by atoms with Crippen LogP contribution in [0, 0.1) is 5.82 Å². The number of aliphatic carboxylic acids is 4. The van der Waals surface area contributed by atoms with E-state index in [1.54, 1.807) is 38.5 Å². The van der Waals surface area contributed by atoms with Crippen molar-refractivity contribution in [3.05, 3.63) is 83.5 Å². The number of piperidine rings is 1. The predicted molar refractivity (Wildman–Crippen MR) is 195 cm³/mol. The molecule has 4 rings (SSSR count). The van der Waals surface area contributed by atoms with Gasteiger partial charge in [-0.3, -0.25) is 4.79 Å². The topological polar surface area (TPSA) is 247 Å². The van der Waals surface area contributed by atoms with Gasteiger partial charge >= 0.3 is 23.9 Å². The molecule has 290 valence electrons. The van der Waals surface area contributed by atoms with Crippen molar-refractivity contribution >= 4 is 69.5 Å². The fourth-order valence-electron chi connectivity index (χ4n) is 4.41. The van der Waals surface area contributed by atoms with Crippen LogP contribution in [-0.4, -0.2) is 119 Å². The standard InChI is InChI=1S/C27H31ClFN5O4.2C4H4O4/c1-36-10-9-34-7-5-18(6-8-34)13-26(35)33-24-15-20-23(16-25(24)38-12-11-37-2)30-17-31-27(20)32-19-3-4-22(29)21(28)14-19;2*5-3(6)1-2-4(7)8/h3-4,13-17H,5-12H2,1-2H3,(H,33,35)(H,30,31,32);2*1-2H,(H,5,6)(H,7,8). The third kappa shape index (κ3) is 17.0. The molecule has 0 bridgehead atoms. The van der Waals surface area contributed by atoms with Gasteiger partial charge in [0, 0.05) is 81.4 Å². The van der Waals surface area contributed by atoms with Crippen molar-refractivity contribution in [1.29, 1.82) is 0 Å². The summed E-state index contributed by atoms with van der Waals surface area (Å²) in [5.41, 5.74) is 2.73. The first kappa shape index (κ1) is 44.2. The molecule has 0 spiro atoms. The van der Waals surface area contributed by atoms with Crippen LogP contribution in [0.25, 0.3) is 10.9 Å². The fraction of sp³-hybridized carbons (Fsp3) is 0.286. The number of rotatable bonds is 15. The molecule has 0 unspecified atom stereocenters. The lowest BCUT2D eigenvalue weighted by Crippen LogP contribution is -2.33. The zero-order valence-electron chi connectivity index (χ0n) is 29.2. The van der Waals surface area contributed by atoms with E-state index >= 15 is 0 Å². The molecule has 3 aromatic rings. The Kier molecular flexibility index (Phi) is 19.3. The van der Waals surface area contributed by atoms with Crippen LogP contribution in [0.3, 0.4) is 0 Å². The highest BCUT2D eigenvalue weighted by Crippen LogP contribution is 2.34. The van der Waals surface area contributed by atoms with Crippen molar-refractivity contribution in [2.75, 3.05) is 64.3 Å². The van der Waals surface area contributed by atoms with Crippen LogP contribution in [0.1, 0.15) is 12.8 Å². The second-order valence-electron chi connectivity index (χ2n) is 10.8. The summed E-state index contributed by atoms with van der Waals surface area (Å²) in [6.07, 6.45) is 6.96. The van der Waals surface area contributed by atoms with Crippen molar-refractivity contribution in [2.24, 2.45) is 0 Å². The zero-order chi connectivity index (χ0) is 40.0. The minimum atomic E-state index is -1.26. The van der Waals surface area contributed by atoms with Gasteiger partial charge in [0.15, 0.2) is 0 Å². The molecule has 1 saturated heterocycles. The maximum absolute atomic E-state index is 13.6. The van der Waals surface area contributed by atoms with Gasteiger partial charge in [0.2, 0.25) is 5.91 Å². The van der Waals surface area contributed by atoms with Crippen molar-refractivity contribution in [3.8, 4) is 5.75 Å². The number of amides is 1. The fourth-order valence-corrected chi connectivity index (χ4v) is 4.59. The molecule has 2 aromatic carbocycles. The van der Waals surface area contributed by atoms with E-state index in [0.29, 0.717) is 78.0 Å². The highest BCUT2D eigenvalue weighted by atomic mass is 35.5. The van der Waals surface area contributed by atoms with Gasteiger partial charge in [-0.1, -0.05) is 17.2 Å². The quantitative estimate of drug-likeness (QED) is 0.0934. The average molecular weight is 776 g/mol. The number of halogens is 2. The number of aromatic nitrogens is 2. The highest BCUT2D eigenvalue weighted by Gasteiger charge is 2.17. The summed E-state index contributed by atoms with van der Waals surface area (Å²) in [6, 6.07) is 7.81. The number of fused-ring (bicyclic) bond motifs is 1. The van der Waals surface area contributed by atoms with Gasteiger partial charge < -0.3 is 50.2 Å². The number of carboxylic acids is 4. The second kappa shape index (κ2) is 23.6. The zero-order valence-corrected chi connectivity index (χ0v) is 29.9. The van der Waals surface area contributed by atoms with Gasteiger partial charge in [-0.25, -0.2) is 33.5 Å². The Bertz CT molecular complexity index is 1800. The van der Waals surface area contributed by atoms with Crippen LogP contribution < -0.4 is 15.4 Å². The SMILES string of the molecule is COCCOc1cc2ncnc(Nc3ccc(F)c(Cl)c3)c2cc1NC(=O)C=C1CCN(CCOC)CC1.O=C(O)C=CC(=O)O.O=C(O)C=CC(=O)O. The van der Waals surface area contributed by atoms with Crippen molar-refractivity contribution in [1.82, 2.24) is 14.9 Å². The number of anilines is 3. The minimum Gasteiger partial charge on any atom is -0.489 e. The predicted octanol–water partition coefficient (Wildman–Crippen LogP) is 4.22. The Balaban J connectivity index is 0.000000526. The molecule has 17 nitrogen and oxygen atoms in total. The summed E-state index contributed by atoms with van der Waals surface area (Å²) in [7, 11) is 3.29. The molecular weight excluding hydrogens is 737 g/mol. The van der Waals surface area contributed by atoms with Crippen LogP contribution in [-0.2, 0) is 33.4 Å². The number of carbonyl (C=O) groups excluding carboxylic acids is 1. The summed E-state index contributed by atoms with van der Waals surface area (Å²) in [4.78, 5) is 62.2. The number of ether oxygens (including phenoxy) is 3. The first-order valence-electron chi connectivity index (χ1n) is 15.8. The van der Waals surface area contributed by atoms with Gasteiger partial charge in [-0.2, -0.15) is 0 Å². The van der Waals surface area contributed by atoms with Gasteiger partial charge in [-0.15, -0.1) is 0 Å². The molecule has 0 atom stereocenters. The average Bonchev–Trinajstić information content (AvgIpc) is 3.12. The van der Waals surface area contributed by atoms with E-state index in [4.69, 9.17) is 46.2 Å². The molecule has 6 N–H and O–H groups in total. The van der Waals surface area contributed by atoms with Crippen molar-refractivity contribution in [2.45, 2.75) is 12.8 Å². The summed E-state index contributed by atoms with van der Waals surface area (Å²) in [5, 5.41) is 38.0. The third-order valence-corrected chi connectivity index (χ3v) is 7.19. The molecule has 19 heteroatoms. The largest absolute Gasteiger partial charge is 0.489 e. The molecule has 1 fully saturated rings. The number of methoxy groups -OCH3 is 2. The summed E-state index contributed by atoms with van der Waals surface area (Å²) in [6.45, 7) is 4.05.